The van der Waals surface area contributed by atoms with Gasteiger partial charge < -0.3 is 19.7 Å². The summed E-state index contributed by atoms with van der Waals surface area (Å²) in [5.74, 6) is 0.498. The summed E-state index contributed by atoms with van der Waals surface area (Å²) in [6.45, 7) is 5.98. The highest BCUT2D eigenvalue weighted by atomic mass is 32.2. The molecule has 1 aliphatic heterocycles. The predicted octanol–water partition coefficient (Wildman–Crippen LogP) is 4.21. The number of nitrogens with one attached hydrogen (secondary N) is 2. The van der Waals surface area contributed by atoms with E-state index in [-0.39, 0.29) is 0 Å². The average Bonchev–Trinajstić information content (AvgIpc) is 3.52. The highest BCUT2D eigenvalue weighted by Gasteiger charge is 2.50. The molecular formula is C27H31N7O2S. The number of fused-ring (bicyclic) bond motifs is 1. The fraction of sp³-hybridized carbons (Fsp3) is 0.333. The maximum Gasteiger partial charge on any atom is 0.238 e. The first-order valence-corrected chi connectivity index (χ1v) is 14.1. The van der Waals surface area contributed by atoms with Gasteiger partial charge in [-0.05, 0) is 75.3 Å². The van der Waals surface area contributed by atoms with E-state index < -0.39 is 14.8 Å². The molecule has 6 rings (SSSR count). The van der Waals surface area contributed by atoms with E-state index in [1.165, 1.54) is 5.69 Å². The van der Waals surface area contributed by atoms with Crippen LogP contribution in [0.3, 0.4) is 0 Å². The van der Waals surface area contributed by atoms with Gasteiger partial charge in [-0.2, -0.15) is 4.98 Å². The number of sulfonamides is 1. The Hall–Kier alpha value is -3.63. The SMILES string of the molecule is CN1CCN(c2ccc(Nc3ncc4ccn(-c5cccc(NS(=O)(=O)C6(C)CC6)c5)c4n3)cc2)CC1. The molecule has 2 aromatic heterocycles. The van der Waals surface area contributed by atoms with E-state index in [0.717, 1.165) is 48.6 Å². The number of anilines is 4. The highest BCUT2D eigenvalue weighted by Crippen LogP contribution is 2.43. The van der Waals surface area contributed by atoms with Crippen molar-refractivity contribution in [2.75, 3.05) is 48.2 Å². The van der Waals surface area contributed by atoms with Gasteiger partial charge in [0.1, 0.15) is 5.65 Å². The van der Waals surface area contributed by atoms with E-state index in [2.05, 4.69) is 56.1 Å². The van der Waals surface area contributed by atoms with E-state index in [1.807, 2.05) is 35.0 Å². The standard InChI is InChI=1S/C27H31N7O2S/c1-27(11-12-27)37(35,36)31-22-4-3-5-24(18-22)34-13-10-20-19-28-26(30-25(20)34)29-21-6-8-23(9-7-21)33-16-14-32(2)15-17-33/h3-10,13,18-19,31H,11-12,14-17H2,1-2H3,(H,28,29,30). The number of aromatic nitrogens is 3. The molecule has 2 aromatic carbocycles. The van der Waals surface area contributed by atoms with Crippen molar-refractivity contribution < 1.29 is 8.42 Å². The predicted molar refractivity (Wildman–Crippen MR) is 148 cm³/mol. The fourth-order valence-electron chi connectivity index (χ4n) is 4.58. The summed E-state index contributed by atoms with van der Waals surface area (Å²) in [5, 5.41) is 4.21. The van der Waals surface area contributed by atoms with Crippen molar-refractivity contribution in [2.45, 2.75) is 24.5 Å². The minimum Gasteiger partial charge on any atom is -0.369 e. The molecule has 2 fully saturated rings. The lowest BCUT2D eigenvalue weighted by atomic mass is 10.2. The number of piperazine rings is 1. The summed E-state index contributed by atoms with van der Waals surface area (Å²) in [6, 6.07) is 17.7. The second-order valence-corrected chi connectivity index (χ2v) is 12.4. The quantitative estimate of drug-likeness (QED) is 0.379. The molecule has 0 amide bonds. The van der Waals surface area contributed by atoms with Gasteiger partial charge in [0.15, 0.2) is 0 Å². The highest BCUT2D eigenvalue weighted by molar-refractivity contribution is 7.94. The van der Waals surface area contributed by atoms with Gasteiger partial charge in [0.25, 0.3) is 0 Å². The smallest absolute Gasteiger partial charge is 0.238 e. The summed E-state index contributed by atoms with van der Waals surface area (Å²) < 4.78 is 29.4. The second-order valence-electron chi connectivity index (χ2n) is 10.2. The van der Waals surface area contributed by atoms with Crippen molar-refractivity contribution in [3.05, 3.63) is 67.0 Å². The van der Waals surface area contributed by atoms with Crippen molar-refractivity contribution in [3.63, 3.8) is 0 Å². The summed E-state index contributed by atoms with van der Waals surface area (Å²) in [7, 11) is -1.26. The van der Waals surface area contributed by atoms with Crippen LogP contribution in [0.1, 0.15) is 19.8 Å². The van der Waals surface area contributed by atoms with E-state index in [0.29, 0.717) is 24.5 Å². The Kier molecular flexibility index (Phi) is 5.80. The molecular weight excluding hydrogens is 486 g/mol. The van der Waals surface area contributed by atoms with Crippen molar-refractivity contribution >= 4 is 44.1 Å². The molecule has 0 spiro atoms. The van der Waals surface area contributed by atoms with Crippen LogP contribution in [-0.4, -0.2) is 65.8 Å². The number of rotatable bonds is 7. The van der Waals surface area contributed by atoms with Crippen molar-refractivity contribution in [2.24, 2.45) is 0 Å². The lowest BCUT2D eigenvalue weighted by Crippen LogP contribution is -2.44. The van der Waals surface area contributed by atoms with Crippen LogP contribution in [0, 0.1) is 0 Å². The molecule has 10 heteroatoms. The van der Waals surface area contributed by atoms with Gasteiger partial charge in [-0.1, -0.05) is 6.07 Å². The molecule has 9 nitrogen and oxygen atoms in total. The van der Waals surface area contributed by atoms with Gasteiger partial charge in [0.05, 0.1) is 10.4 Å². The monoisotopic (exact) mass is 517 g/mol. The van der Waals surface area contributed by atoms with Crippen LogP contribution in [0.5, 0.6) is 0 Å². The maximum absolute atomic E-state index is 12.7. The normalized spacial score (nSPS) is 17.6. The minimum absolute atomic E-state index is 0.498. The Morgan fingerprint density at radius 3 is 2.41 bits per heavy atom. The zero-order valence-corrected chi connectivity index (χ0v) is 21.9. The summed E-state index contributed by atoms with van der Waals surface area (Å²) in [4.78, 5) is 14.0. The number of nitrogens with zero attached hydrogens (tertiary/aromatic N) is 5. The van der Waals surface area contributed by atoms with Gasteiger partial charge >= 0.3 is 0 Å². The Morgan fingerprint density at radius 2 is 1.68 bits per heavy atom. The van der Waals surface area contributed by atoms with Crippen molar-refractivity contribution in [1.82, 2.24) is 19.4 Å². The number of likely N-dealkylation sites (N-methyl/N-ethyl adjacent to an activating group) is 1. The summed E-state index contributed by atoms with van der Waals surface area (Å²) >= 11 is 0. The first-order chi connectivity index (χ1) is 17.8. The van der Waals surface area contributed by atoms with Gasteiger partial charge in [-0.15, -0.1) is 0 Å². The van der Waals surface area contributed by atoms with Crippen LogP contribution in [0.4, 0.5) is 23.0 Å². The molecule has 0 atom stereocenters. The van der Waals surface area contributed by atoms with Crippen LogP contribution in [0.15, 0.2) is 67.0 Å². The first kappa shape index (κ1) is 23.7. The zero-order chi connectivity index (χ0) is 25.6. The molecule has 0 unspecified atom stereocenters. The molecule has 0 bridgehead atoms. The minimum atomic E-state index is -3.42. The number of benzene rings is 2. The molecule has 4 aromatic rings. The molecule has 1 aliphatic carbocycles. The molecule has 1 saturated carbocycles. The van der Waals surface area contributed by atoms with E-state index in [4.69, 9.17) is 4.98 Å². The third-order valence-electron chi connectivity index (χ3n) is 7.40. The number of hydrogen-bond donors (Lipinski definition) is 2. The Morgan fingerprint density at radius 1 is 0.919 bits per heavy atom. The van der Waals surface area contributed by atoms with Crippen LogP contribution >= 0.6 is 0 Å². The molecule has 1 saturated heterocycles. The van der Waals surface area contributed by atoms with E-state index >= 15 is 0 Å². The molecule has 3 heterocycles. The molecule has 2 aliphatic rings. The van der Waals surface area contributed by atoms with Crippen LogP contribution in [0.2, 0.25) is 0 Å². The molecule has 37 heavy (non-hydrogen) atoms. The van der Waals surface area contributed by atoms with Crippen LogP contribution in [-0.2, 0) is 10.0 Å². The first-order valence-electron chi connectivity index (χ1n) is 12.6. The van der Waals surface area contributed by atoms with Crippen molar-refractivity contribution in [3.8, 4) is 5.69 Å². The van der Waals surface area contributed by atoms with Crippen LogP contribution in [0.25, 0.3) is 16.7 Å². The van der Waals surface area contributed by atoms with E-state index in [1.54, 1.807) is 19.2 Å². The Labute approximate surface area is 217 Å². The fourth-order valence-corrected chi connectivity index (χ4v) is 5.90. The third-order valence-corrected chi connectivity index (χ3v) is 9.61. The Bertz CT molecular complexity index is 1540. The second kappa shape index (κ2) is 9.04. The summed E-state index contributed by atoms with van der Waals surface area (Å²) in [6.07, 6.45) is 5.09. The average molecular weight is 518 g/mol. The van der Waals surface area contributed by atoms with Gasteiger partial charge in [0.2, 0.25) is 16.0 Å². The van der Waals surface area contributed by atoms with Crippen LogP contribution < -0.4 is 14.9 Å². The van der Waals surface area contributed by atoms with Gasteiger partial charge in [-0.3, -0.25) is 4.72 Å². The molecule has 2 N–H and O–H groups in total. The topological polar surface area (TPSA) is 95.4 Å². The lowest BCUT2D eigenvalue weighted by molar-refractivity contribution is 0.313. The zero-order valence-electron chi connectivity index (χ0n) is 21.1. The molecule has 192 valence electrons. The Balaban J connectivity index is 1.22. The third kappa shape index (κ3) is 4.74. The van der Waals surface area contributed by atoms with Gasteiger partial charge in [0, 0.05) is 61.0 Å². The lowest BCUT2D eigenvalue weighted by Gasteiger charge is -2.34. The maximum atomic E-state index is 12.7. The largest absolute Gasteiger partial charge is 0.369 e. The van der Waals surface area contributed by atoms with E-state index in [9.17, 15) is 8.42 Å². The number of hydrogen-bond acceptors (Lipinski definition) is 7. The van der Waals surface area contributed by atoms with Gasteiger partial charge in [-0.25, -0.2) is 13.4 Å². The van der Waals surface area contributed by atoms with Crippen molar-refractivity contribution in [1.29, 1.82) is 0 Å². The molecule has 0 radical (unpaired) electrons. The summed E-state index contributed by atoms with van der Waals surface area (Å²) in [5.41, 5.74) is 4.23.